The van der Waals surface area contributed by atoms with Gasteiger partial charge in [0.1, 0.15) is 24.8 Å². The van der Waals surface area contributed by atoms with Crippen LogP contribution in [0.2, 0.25) is 0 Å². The average Bonchev–Trinajstić information content (AvgIpc) is 3.49. The van der Waals surface area contributed by atoms with Gasteiger partial charge in [-0.3, -0.25) is 0 Å². The largest absolute Gasteiger partial charge is 1.00 e. The highest BCUT2D eigenvalue weighted by Crippen LogP contribution is 2.09. The summed E-state index contributed by atoms with van der Waals surface area (Å²) in [5, 5.41) is 0. The van der Waals surface area contributed by atoms with E-state index in [0.717, 1.165) is 13.1 Å². The van der Waals surface area contributed by atoms with Crippen LogP contribution in [0, 0.1) is 0 Å². The van der Waals surface area contributed by atoms with Crippen LogP contribution < -0.4 is 43.1 Å². The summed E-state index contributed by atoms with van der Waals surface area (Å²) in [7, 11) is 0. The molecular formula is C30H56Br2N4. The highest BCUT2D eigenvalue weighted by molar-refractivity contribution is 4.68. The fourth-order valence-electron chi connectivity index (χ4n) is 4.85. The van der Waals surface area contributed by atoms with Gasteiger partial charge >= 0.3 is 0 Å². The van der Waals surface area contributed by atoms with Crippen LogP contribution in [0.1, 0.15) is 129 Å². The van der Waals surface area contributed by atoms with Crippen molar-refractivity contribution in [3.63, 3.8) is 0 Å². The second kappa shape index (κ2) is 24.7. The first kappa shape index (κ1) is 35.4. The molecule has 0 aliphatic carbocycles. The van der Waals surface area contributed by atoms with Gasteiger partial charge in [-0.2, -0.15) is 0 Å². The predicted octanol–water partition coefficient (Wildman–Crippen LogP) is 1.63. The maximum absolute atomic E-state index is 2.37. The average molecular weight is 633 g/mol. The Bertz CT molecular complexity index is 653. The molecule has 0 radical (unpaired) electrons. The zero-order valence-electron chi connectivity index (χ0n) is 23.6. The summed E-state index contributed by atoms with van der Waals surface area (Å²) in [6.07, 6.45) is 38.3. The molecule has 0 aromatic carbocycles. The van der Waals surface area contributed by atoms with E-state index in [0.29, 0.717) is 0 Å². The predicted molar refractivity (Wildman–Crippen MR) is 144 cm³/mol. The number of nitrogens with zero attached hydrogens (tertiary/aromatic N) is 4. The van der Waals surface area contributed by atoms with Crippen LogP contribution in [0.4, 0.5) is 0 Å². The molecule has 0 unspecified atom stereocenters. The van der Waals surface area contributed by atoms with E-state index in [1.54, 1.807) is 0 Å². The second-order valence-electron chi connectivity index (χ2n) is 10.4. The van der Waals surface area contributed by atoms with Gasteiger partial charge in [0.25, 0.3) is 0 Å². The molecule has 2 heterocycles. The van der Waals surface area contributed by atoms with Crippen LogP contribution in [-0.2, 0) is 26.2 Å². The van der Waals surface area contributed by atoms with Gasteiger partial charge < -0.3 is 34.0 Å². The van der Waals surface area contributed by atoms with Crippen molar-refractivity contribution in [3.8, 4) is 0 Å². The van der Waals surface area contributed by atoms with E-state index in [2.05, 4.69) is 69.6 Å². The third-order valence-corrected chi connectivity index (χ3v) is 7.11. The third kappa shape index (κ3) is 17.8. The summed E-state index contributed by atoms with van der Waals surface area (Å²) in [5.74, 6) is 0. The quantitative estimate of drug-likeness (QED) is 0.131. The summed E-state index contributed by atoms with van der Waals surface area (Å²) >= 11 is 0. The summed E-state index contributed by atoms with van der Waals surface area (Å²) in [4.78, 5) is 0. The van der Waals surface area contributed by atoms with Crippen molar-refractivity contribution < 1.29 is 43.1 Å². The Morgan fingerprint density at radius 1 is 0.444 bits per heavy atom. The molecule has 2 aromatic heterocycles. The van der Waals surface area contributed by atoms with Crippen LogP contribution >= 0.6 is 0 Å². The van der Waals surface area contributed by atoms with Gasteiger partial charge in [0.2, 0.25) is 12.7 Å². The first-order valence-electron chi connectivity index (χ1n) is 14.9. The Kier molecular flexibility index (Phi) is 24.3. The molecule has 0 aliphatic heterocycles. The SMILES string of the molecule is CCCCCCCCCC[n+]1ccn(CCCCn2cc[n+](CCCCCCCCCC)c2)c1.[Br-].[Br-]. The van der Waals surface area contributed by atoms with Gasteiger partial charge in [-0.25, -0.2) is 18.3 Å². The minimum Gasteiger partial charge on any atom is -1.00 e. The number of aryl methyl sites for hydroxylation is 4. The molecule has 0 saturated heterocycles. The zero-order valence-corrected chi connectivity index (χ0v) is 26.7. The Morgan fingerprint density at radius 2 is 0.778 bits per heavy atom. The molecule has 0 aliphatic rings. The van der Waals surface area contributed by atoms with Crippen LogP contribution in [0.3, 0.4) is 0 Å². The fourth-order valence-corrected chi connectivity index (χ4v) is 4.85. The monoisotopic (exact) mass is 630 g/mol. The molecule has 210 valence electrons. The first-order valence-corrected chi connectivity index (χ1v) is 14.9. The van der Waals surface area contributed by atoms with Crippen molar-refractivity contribution in [1.82, 2.24) is 9.13 Å². The number of halogens is 2. The number of rotatable bonds is 23. The second-order valence-corrected chi connectivity index (χ2v) is 10.4. The van der Waals surface area contributed by atoms with Gasteiger partial charge in [-0.05, 0) is 38.5 Å². The number of aromatic nitrogens is 4. The van der Waals surface area contributed by atoms with E-state index < -0.39 is 0 Å². The Balaban J connectivity index is 0.00000612. The highest BCUT2D eigenvalue weighted by Gasteiger charge is 2.06. The normalized spacial score (nSPS) is 10.8. The van der Waals surface area contributed by atoms with Gasteiger partial charge in [-0.15, -0.1) is 0 Å². The Labute approximate surface area is 244 Å². The molecule has 0 atom stereocenters. The molecular weight excluding hydrogens is 576 g/mol. The lowest BCUT2D eigenvalue weighted by Crippen LogP contribution is -3.00. The molecule has 6 heteroatoms. The molecule has 36 heavy (non-hydrogen) atoms. The molecule has 4 nitrogen and oxygen atoms in total. The van der Waals surface area contributed by atoms with Gasteiger partial charge in [0.15, 0.2) is 0 Å². The minimum atomic E-state index is 0. The number of hydrogen-bond donors (Lipinski definition) is 0. The molecule has 0 amide bonds. The van der Waals surface area contributed by atoms with Crippen molar-refractivity contribution in [3.05, 3.63) is 37.4 Å². The minimum absolute atomic E-state index is 0. The van der Waals surface area contributed by atoms with Crippen molar-refractivity contribution in [2.45, 2.75) is 156 Å². The van der Waals surface area contributed by atoms with E-state index in [1.807, 2.05) is 0 Å². The Hall–Kier alpha value is -0.620. The lowest BCUT2D eigenvalue weighted by atomic mass is 10.1. The Morgan fingerprint density at radius 3 is 1.14 bits per heavy atom. The summed E-state index contributed by atoms with van der Waals surface area (Å²) < 4.78 is 9.47. The van der Waals surface area contributed by atoms with Crippen molar-refractivity contribution in [1.29, 1.82) is 0 Å². The number of hydrogen-bond acceptors (Lipinski definition) is 0. The molecule has 0 saturated carbocycles. The van der Waals surface area contributed by atoms with Gasteiger partial charge in [0.05, 0.1) is 26.2 Å². The van der Waals surface area contributed by atoms with Crippen LogP contribution in [0.25, 0.3) is 0 Å². The van der Waals surface area contributed by atoms with E-state index in [-0.39, 0.29) is 34.0 Å². The number of imidazole rings is 2. The smallest absolute Gasteiger partial charge is 0.243 e. The van der Waals surface area contributed by atoms with E-state index in [1.165, 1.54) is 129 Å². The molecule has 0 spiro atoms. The van der Waals surface area contributed by atoms with Gasteiger partial charge in [0, 0.05) is 0 Å². The molecule has 2 aromatic rings. The van der Waals surface area contributed by atoms with E-state index in [4.69, 9.17) is 0 Å². The fraction of sp³-hybridized carbons (Fsp3) is 0.800. The topological polar surface area (TPSA) is 17.6 Å². The van der Waals surface area contributed by atoms with E-state index >= 15 is 0 Å². The van der Waals surface area contributed by atoms with Gasteiger partial charge in [-0.1, -0.05) is 90.9 Å². The highest BCUT2D eigenvalue weighted by atomic mass is 79.9. The summed E-state index contributed by atoms with van der Waals surface area (Å²) in [6.45, 7) is 9.18. The van der Waals surface area contributed by atoms with Crippen LogP contribution in [0.15, 0.2) is 37.4 Å². The summed E-state index contributed by atoms with van der Waals surface area (Å²) in [5.41, 5.74) is 0. The van der Waals surface area contributed by atoms with Crippen LogP contribution in [-0.4, -0.2) is 9.13 Å². The molecule has 0 fully saturated rings. The third-order valence-electron chi connectivity index (χ3n) is 7.11. The standard InChI is InChI=1S/C30H56N4.2BrH/c1-3-5-7-9-11-13-15-17-21-31-25-27-33(29-31)23-19-20-24-34-28-26-32(30-34)22-18-16-14-12-10-8-6-4-2;;/h25-30H,3-24H2,1-2H3;2*1H/q+2;;/p-2. The number of unbranched alkanes of at least 4 members (excludes halogenated alkanes) is 15. The lowest BCUT2D eigenvalue weighted by molar-refractivity contribution is -0.697. The molecule has 0 bridgehead atoms. The van der Waals surface area contributed by atoms with Crippen molar-refractivity contribution in [2.24, 2.45) is 0 Å². The molecule has 2 rings (SSSR count). The first-order chi connectivity index (χ1) is 16.8. The maximum Gasteiger partial charge on any atom is 0.243 e. The summed E-state index contributed by atoms with van der Waals surface area (Å²) in [6, 6.07) is 0. The maximum atomic E-state index is 2.37. The van der Waals surface area contributed by atoms with Crippen molar-refractivity contribution >= 4 is 0 Å². The van der Waals surface area contributed by atoms with E-state index in [9.17, 15) is 0 Å². The van der Waals surface area contributed by atoms with Crippen LogP contribution in [0.5, 0.6) is 0 Å². The zero-order chi connectivity index (χ0) is 24.1. The van der Waals surface area contributed by atoms with Crippen molar-refractivity contribution in [2.75, 3.05) is 0 Å². The molecule has 0 N–H and O–H groups in total. The lowest BCUT2D eigenvalue weighted by Gasteiger charge is -2.01.